The van der Waals surface area contributed by atoms with Crippen LogP contribution in [0.4, 0.5) is 0 Å². The van der Waals surface area contributed by atoms with E-state index in [-0.39, 0.29) is 11.2 Å². The second kappa shape index (κ2) is 7.06. The Bertz CT molecular complexity index is 408. The van der Waals surface area contributed by atoms with Crippen molar-refractivity contribution in [1.29, 1.82) is 0 Å². The number of benzene rings is 1. The highest BCUT2D eigenvalue weighted by Crippen LogP contribution is 2.25. The maximum atomic E-state index is 11.9. The number of carbonyl (C=O) groups is 2. The number of hydrogen-bond donors (Lipinski definition) is 2. The highest BCUT2D eigenvalue weighted by Gasteiger charge is 2.21. The molecule has 1 rings (SSSR count). The zero-order valence-corrected chi connectivity index (χ0v) is 11.2. The van der Waals surface area contributed by atoms with Crippen LogP contribution in [-0.4, -0.2) is 28.3 Å². The summed E-state index contributed by atoms with van der Waals surface area (Å²) in [7, 11) is 0. The highest BCUT2D eigenvalue weighted by molar-refractivity contribution is 8.00. The number of aliphatic carboxylic acids is 1. The predicted molar refractivity (Wildman–Crippen MR) is 71.6 cm³/mol. The third-order valence-electron chi connectivity index (χ3n) is 2.41. The van der Waals surface area contributed by atoms with Gasteiger partial charge in [0.1, 0.15) is 6.04 Å². The average molecular weight is 267 g/mol. The molecule has 0 radical (unpaired) electrons. The molecule has 4 nitrogen and oxygen atoms in total. The van der Waals surface area contributed by atoms with Crippen molar-refractivity contribution in [3.05, 3.63) is 30.3 Å². The molecule has 0 saturated heterocycles. The highest BCUT2D eigenvalue weighted by atomic mass is 32.2. The van der Waals surface area contributed by atoms with Gasteiger partial charge >= 0.3 is 5.97 Å². The average Bonchev–Trinajstić information content (AvgIpc) is 2.36. The van der Waals surface area contributed by atoms with E-state index in [4.69, 9.17) is 5.11 Å². The maximum absolute atomic E-state index is 11.9. The van der Waals surface area contributed by atoms with Crippen LogP contribution < -0.4 is 5.32 Å². The number of rotatable bonds is 6. The van der Waals surface area contributed by atoms with Crippen molar-refractivity contribution in [3.63, 3.8) is 0 Å². The SMILES string of the molecule is CCC(Sc1ccccc1)C(=O)NC(C)C(=O)O. The van der Waals surface area contributed by atoms with Crippen molar-refractivity contribution < 1.29 is 14.7 Å². The third-order valence-corrected chi connectivity index (χ3v) is 3.79. The second-order valence-corrected chi connectivity index (χ2v) is 5.17. The molecular formula is C13H17NO3S. The first-order valence-electron chi connectivity index (χ1n) is 5.79. The molecule has 0 aromatic heterocycles. The molecule has 2 atom stereocenters. The van der Waals surface area contributed by atoms with Crippen molar-refractivity contribution in [2.45, 2.75) is 36.5 Å². The molecule has 0 saturated carbocycles. The number of amides is 1. The summed E-state index contributed by atoms with van der Waals surface area (Å²) < 4.78 is 0. The molecule has 5 heteroatoms. The molecule has 0 fully saturated rings. The maximum Gasteiger partial charge on any atom is 0.325 e. The Morgan fingerprint density at radius 2 is 1.94 bits per heavy atom. The van der Waals surface area contributed by atoms with E-state index < -0.39 is 12.0 Å². The van der Waals surface area contributed by atoms with Crippen molar-refractivity contribution in [1.82, 2.24) is 5.32 Å². The summed E-state index contributed by atoms with van der Waals surface area (Å²) in [6, 6.07) is 8.74. The summed E-state index contributed by atoms with van der Waals surface area (Å²) in [4.78, 5) is 23.6. The predicted octanol–water partition coefficient (Wildman–Crippen LogP) is 2.15. The van der Waals surface area contributed by atoms with Gasteiger partial charge in [-0.15, -0.1) is 11.8 Å². The fourth-order valence-electron chi connectivity index (χ4n) is 1.35. The largest absolute Gasteiger partial charge is 0.480 e. The monoisotopic (exact) mass is 267 g/mol. The van der Waals surface area contributed by atoms with Crippen LogP contribution in [0.2, 0.25) is 0 Å². The zero-order valence-electron chi connectivity index (χ0n) is 10.4. The molecule has 2 N–H and O–H groups in total. The lowest BCUT2D eigenvalue weighted by molar-refractivity contribution is -0.141. The molecule has 0 aliphatic heterocycles. The Kier molecular flexibility index (Phi) is 5.71. The fourth-order valence-corrected chi connectivity index (χ4v) is 2.34. The van der Waals surface area contributed by atoms with E-state index in [2.05, 4.69) is 5.32 Å². The molecule has 0 heterocycles. The summed E-state index contributed by atoms with van der Waals surface area (Å²) >= 11 is 1.45. The Labute approximate surface area is 111 Å². The van der Waals surface area contributed by atoms with Gasteiger partial charge in [0.25, 0.3) is 0 Å². The smallest absolute Gasteiger partial charge is 0.325 e. The standard InChI is InChI=1S/C13H17NO3S/c1-3-11(12(15)14-9(2)13(16)17)18-10-7-5-4-6-8-10/h4-9,11H,3H2,1-2H3,(H,14,15)(H,16,17). The molecule has 0 spiro atoms. The van der Waals surface area contributed by atoms with Crippen LogP contribution in [-0.2, 0) is 9.59 Å². The van der Waals surface area contributed by atoms with Crippen LogP contribution in [0.5, 0.6) is 0 Å². The van der Waals surface area contributed by atoms with Gasteiger partial charge in [0.15, 0.2) is 0 Å². The molecule has 0 bridgehead atoms. The van der Waals surface area contributed by atoms with E-state index in [1.165, 1.54) is 18.7 Å². The summed E-state index contributed by atoms with van der Waals surface area (Å²) in [5.41, 5.74) is 0. The number of carbonyl (C=O) groups excluding carboxylic acids is 1. The van der Waals surface area contributed by atoms with Gasteiger partial charge in [-0.1, -0.05) is 25.1 Å². The molecule has 0 aliphatic carbocycles. The first kappa shape index (κ1) is 14.6. The van der Waals surface area contributed by atoms with E-state index in [9.17, 15) is 9.59 Å². The van der Waals surface area contributed by atoms with E-state index >= 15 is 0 Å². The van der Waals surface area contributed by atoms with Gasteiger partial charge in [-0.3, -0.25) is 9.59 Å². The summed E-state index contributed by atoms with van der Waals surface area (Å²) in [5.74, 6) is -1.26. The topological polar surface area (TPSA) is 66.4 Å². The van der Waals surface area contributed by atoms with Gasteiger partial charge in [-0.25, -0.2) is 0 Å². The zero-order chi connectivity index (χ0) is 13.5. The minimum Gasteiger partial charge on any atom is -0.480 e. The van der Waals surface area contributed by atoms with Crippen molar-refractivity contribution >= 4 is 23.6 Å². The summed E-state index contributed by atoms with van der Waals surface area (Å²) in [6.45, 7) is 3.37. The van der Waals surface area contributed by atoms with E-state index in [0.29, 0.717) is 6.42 Å². The minimum atomic E-state index is -1.03. The van der Waals surface area contributed by atoms with Crippen LogP contribution >= 0.6 is 11.8 Å². The van der Waals surface area contributed by atoms with Gasteiger partial charge in [0.05, 0.1) is 5.25 Å². The van der Waals surface area contributed by atoms with Gasteiger partial charge < -0.3 is 10.4 Å². The van der Waals surface area contributed by atoms with Gasteiger partial charge in [-0.05, 0) is 25.5 Å². The summed E-state index contributed by atoms with van der Waals surface area (Å²) in [5, 5.41) is 11.0. The lowest BCUT2D eigenvalue weighted by atomic mass is 10.2. The molecule has 1 aromatic rings. The number of carboxylic acids is 1. The van der Waals surface area contributed by atoms with Gasteiger partial charge in [0.2, 0.25) is 5.91 Å². The first-order valence-corrected chi connectivity index (χ1v) is 6.67. The lowest BCUT2D eigenvalue weighted by Crippen LogP contribution is -2.42. The molecule has 1 amide bonds. The first-order chi connectivity index (χ1) is 8.54. The summed E-state index contributed by atoms with van der Waals surface area (Å²) in [6.07, 6.45) is 0.651. The van der Waals surface area contributed by atoms with Crippen molar-refractivity contribution in [2.75, 3.05) is 0 Å². The van der Waals surface area contributed by atoms with E-state index in [1.54, 1.807) is 0 Å². The molecule has 1 aromatic carbocycles. The second-order valence-electron chi connectivity index (χ2n) is 3.90. The van der Waals surface area contributed by atoms with Crippen LogP contribution in [0, 0.1) is 0 Å². The normalized spacial score (nSPS) is 13.7. The Balaban J connectivity index is 2.61. The third kappa shape index (κ3) is 4.41. The van der Waals surface area contributed by atoms with Crippen LogP contribution in [0.25, 0.3) is 0 Å². The molecule has 18 heavy (non-hydrogen) atoms. The fraction of sp³-hybridized carbons (Fsp3) is 0.385. The number of thioether (sulfide) groups is 1. The number of carboxylic acid groups (broad SMARTS) is 1. The Hall–Kier alpha value is -1.49. The van der Waals surface area contributed by atoms with E-state index in [0.717, 1.165) is 4.90 Å². The minimum absolute atomic E-state index is 0.235. The van der Waals surface area contributed by atoms with E-state index in [1.807, 2.05) is 37.3 Å². The van der Waals surface area contributed by atoms with Crippen LogP contribution in [0.15, 0.2) is 35.2 Å². The van der Waals surface area contributed by atoms with Gasteiger partial charge in [0, 0.05) is 4.90 Å². The molecule has 98 valence electrons. The van der Waals surface area contributed by atoms with Crippen LogP contribution in [0.1, 0.15) is 20.3 Å². The lowest BCUT2D eigenvalue weighted by Gasteiger charge is -2.16. The molecule has 0 aliphatic rings. The Morgan fingerprint density at radius 1 is 1.33 bits per heavy atom. The van der Waals surface area contributed by atoms with Crippen LogP contribution in [0.3, 0.4) is 0 Å². The number of nitrogens with one attached hydrogen (secondary N) is 1. The molecule has 2 unspecified atom stereocenters. The van der Waals surface area contributed by atoms with Gasteiger partial charge in [-0.2, -0.15) is 0 Å². The quantitative estimate of drug-likeness (QED) is 0.775. The Morgan fingerprint density at radius 3 is 2.44 bits per heavy atom. The van der Waals surface area contributed by atoms with Crippen molar-refractivity contribution in [3.8, 4) is 0 Å². The molecular weight excluding hydrogens is 250 g/mol. The number of hydrogen-bond acceptors (Lipinski definition) is 3. The van der Waals surface area contributed by atoms with Crippen molar-refractivity contribution in [2.24, 2.45) is 0 Å².